The predicted octanol–water partition coefficient (Wildman–Crippen LogP) is 5.31. The summed E-state index contributed by atoms with van der Waals surface area (Å²) in [6.45, 7) is 4.44. The quantitative estimate of drug-likeness (QED) is 0.783. The van der Waals surface area contributed by atoms with Gasteiger partial charge in [-0.2, -0.15) is 0 Å². The van der Waals surface area contributed by atoms with Gasteiger partial charge in [-0.1, -0.05) is 62.4 Å². The molecule has 0 saturated carbocycles. The second-order valence-electron chi connectivity index (χ2n) is 8.01. The zero-order valence-electron chi connectivity index (χ0n) is 16.0. The molecule has 1 atom stereocenters. The maximum absolute atomic E-state index is 12.2. The molecule has 1 heterocycles. The van der Waals surface area contributed by atoms with Gasteiger partial charge in [-0.05, 0) is 59.4 Å². The molecule has 27 heavy (non-hydrogen) atoms. The van der Waals surface area contributed by atoms with Crippen molar-refractivity contribution in [3.05, 3.63) is 65.4 Å². The molecule has 3 nitrogen and oxygen atoms in total. The van der Waals surface area contributed by atoms with E-state index in [1.807, 2.05) is 6.07 Å². The highest BCUT2D eigenvalue weighted by Gasteiger charge is 2.32. The van der Waals surface area contributed by atoms with Gasteiger partial charge in [0.05, 0.1) is 5.75 Å². The van der Waals surface area contributed by atoms with Crippen LogP contribution in [0.15, 0.2) is 54.2 Å². The van der Waals surface area contributed by atoms with Gasteiger partial charge in [0, 0.05) is 11.6 Å². The number of rotatable bonds is 3. The van der Waals surface area contributed by atoms with Gasteiger partial charge in [0.2, 0.25) is 10.0 Å². The van der Waals surface area contributed by atoms with Crippen molar-refractivity contribution in [1.82, 2.24) is 4.72 Å². The third-order valence-corrected chi connectivity index (χ3v) is 7.12. The Morgan fingerprint density at radius 2 is 1.78 bits per heavy atom. The Balaban J connectivity index is 1.82. The van der Waals surface area contributed by atoms with Crippen LogP contribution >= 0.6 is 0 Å². The van der Waals surface area contributed by atoms with E-state index in [0.29, 0.717) is 11.8 Å². The minimum Gasteiger partial charge on any atom is -0.287 e. The summed E-state index contributed by atoms with van der Waals surface area (Å²) >= 11 is 0. The van der Waals surface area contributed by atoms with Crippen molar-refractivity contribution in [2.24, 2.45) is 5.92 Å². The molecule has 0 spiro atoms. The second-order valence-corrected chi connectivity index (χ2v) is 9.86. The van der Waals surface area contributed by atoms with Gasteiger partial charge in [-0.15, -0.1) is 0 Å². The largest absolute Gasteiger partial charge is 0.287 e. The summed E-state index contributed by atoms with van der Waals surface area (Å²) in [7, 11) is -3.18. The number of sulfonamides is 1. The van der Waals surface area contributed by atoms with E-state index < -0.39 is 10.0 Å². The van der Waals surface area contributed by atoms with Gasteiger partial charge < -0.3 is 0 Å². The number of benzene rings is 2. The molecule has 0 bridgehead atoms. The minimum absolute atomic E-state index is 0.249. The average Bonchev–Trinajstić information content (AvgIpc) is 2.67. The van der Waals surface area contributed by atoms with Crippen molar-refractivity contribution in [3.8, 4) is 11.1 Å². The van der Waals surface area contributed by atoms with Crippen molar-refractivity contribution >= 4 is 15.6 Å². The minimum atomic E-state index is -3.18. The molecule has 2 aromatic rings. The first-order valence-electron chi connectivity index (χ1n) is 9.88. The molecule has 1 aliphatic carbocycles. The van der Waals surface area contributed by atoms with Crippen molar-refractivity contribution in [2.45, 2.75) is 45.4 Å². The fourth-order valence-corrected chi connectivity index (χ4v) is 5.73. The van der Waals surface area contributed by atoms with Gasteiger partial charge in [0.25, 0.3) is 0 Å². The molecule has 142 valence electrons. The SMILES string of the molecule is CC(C)c1cc(C2=C3NS(=O)(=O)CCC3CCC2)ccc1-c1ccccc1. The van der Waals surface area contributed by atoms with E-state index in [4.69, 9.17) is 0 Å². The van der Waals surface area contributed by atoms with Crippen molar-refractivity contribution in [1.29, 1.82) is 0 Å². The molecule has 2 aliphatic rings. The Morgan fingerprint density at radius 1 is 1.00 bits per heavy atom. The first kappa shape index (κ1) is 18.3. The standard InChI is InChI=1S/C23H27NO2S/c1-16(2)22-15-19(11-12-20(22)17-7-4-3-5-8-17)21-10-6-9-18-13-14-27(25,26)24-23(18)21/h3-5,7-8,11-12,15-16,18,24H,6,9-10,13-14H2,1-2H3. The zero-order valence-corrected chi connectivity index (χ0v) is 16.9. The highest BCUT2D eigenvalue weighted by atomic mass is 32.2. The van der Waals surface area contributed by atoms with E-state index in [2.05, 4.69) is 61.0 Å². The van der Waals surface area contributed by atoms with E-state index in [-0.39, 0.29) is 5.75 Å². The number of hydrogen-bond donors (Lipinski definition) is 1. The highest BCUT2D eigenvalue weighted by Crippen LogP contribution is 2.40. The number of nitrogens with one attached hydrogen (secondary N) is 1. The molecule has 1 saturated heterocycles. The molecular weight excluding hydrogens is 354 g/mol. The Kier molecular flexibility index (Phi) is 4.85. The summed E-state index contributed by atoms with van der Waals surface area (Å²) in [6, 6.07) is 17.1. The summed E-state index contributed by atoms with van der Waals surface area (Å²) < 4.78 is 27.2. The van der Waals surface area contributed by atoms with Crippen LogP contribution in [-0.2, 0) is 10.0 Å². The van der Waals surface area contributed by atoms with Crippen LogP contribution in [0, 0.1) is 5.92 Å². The first-order chi connectivity index (χ1) is 12.9. The Bertz CT molecular complexity index is 975. The molecule has 1 N–H and O–H groups in total. The Labute approximate surface area is 162 Å². The third kappa shape index (κ3) is 3.68. The van der Waals surface area contributed by atoms with Crippen LogP contribution in [0.1, 0.15) is 56.6 Å². The summed E-state index contributed by atoms with van der Waals surface area (Å²) in [5.41, 5.74) is 7.11. The summed E-state index contributed by atoms with van der Waals surface area (Å²) in [5, 5.41) is 0. The van der Waals surface area contributed by atoms with Crippen molar-refractivity contribution in [2.75, 3.05) is 5.75 Å². The second kappa shape index (κ2) is 7.16. The van der Waals surface area contributed by atoms with E-state index in [1.54, 1.807) is 0 Å². The first-order valence-corrected chi connectivity index (χ1v) is 11.5. The number of hydrogen-bond acceptors (Lipinski definition) is 2. The molecule has 1 unspecified atom stereocenters. The van der Waals surface area contributed by atoms with Gasteiger partial charge in [-0.25, -0.2) is 8.42 Å². The van der Waals surface area contributed by atoms with E-state index in [1.165, 1.54) is 27.8 Å². The lowest BCUT2D eigenvalue weighted by Gasteiger charge is -2.33. The zero-order chi connectivity index (χ0) is 19.0. The smallest absolute Gasteiger partial charge is 0.232 e. The van der Waals surface area contributed by atoms with E-state index in [9.17, 15) is 8.42 Å². The van der Waals surface area contributed by atoms with Gasteiger partial charge >= 0.3 is 0 Å². The summed E-state index contributed by atoms with van der Waals surface area (Å²) in [6.07, 6.45) is 3.90. The topological polar surface area (TPSA) is 46.2 Å². The lowest BCUT2D eigenvalue weighted by atomic mass is 9.81. The monoisotopic (exact) mass is 381 g/mol. The molecular formula is C23H27NO2S. The summed E-state index contributed by atoms with van der Waals surface area (Å²) in [5.74, 6) is 1.00. The normalized spacial score (nSPS) is 21.7. The van der Waals surface area contributed by atoms with Crippen LogP contribution in [0.5, 0.6) is 0 Å². The molecule has 2 aromatic carbocycles. The Morgan fingerprint density at radius 3 is 2.52 bits per heavy atom. The predicted molar refractivity (Wildman–Crippen MR) is 112 cm³/mol. The van der Waals surface area contributed by atoms with Gasteiger partial charge in [0.1, 0.15) is 0 Å². The molecule has 0 radical (unpaired) electrons. The van der Waals surface area contributed by atoms with Crippen LogP contribution in [0.3, 0.4) is 0 Å². The average molecular weight is 382 g/mol. The fraction of sp³-hybridized carbons (Fsp3) is 0.391. The summed E-state index contributed by atoms with van der Waals surface area (Å²) in [4.78, 5) is 0. The van der Waals surface area contributed by atoms with Crippen LogP contribution in [0.2, 0.25) is 0 Å². The fourth-order valence-electron chi connectivity index (χ4n) is 4.41. The lowest BCUT2D eigenvalue weighted by Crippen LogP contribution is -2.38. The van der Waals surface area contributed by atoms with Crippen LogP contribution in [-0.4, -0.2) is 14.2 Å². The van der Waals surface area contributed by atoms with Crippen LogP contribution < -0.4 is 4.72 Å². The van der Waals surface area contributed by atoms with Crippen molar-refractivity contribution < 1.29 is 8.42 Å². The number of allylic oxidation sites excluding steroid dienone is 2. The molecule has 4 heteroatoms. The lowest BCUT2D eigenvalue weighted by molar-refractivity contribution is 0.464. The van der Waals surface area contributed by atoms with Crippen LogP contribution in [0.4, 0.5) is 0 Å². The van der Waals surface area contributed by atoms with Gasteiger partial charge in [0.15, 0.2) is 0 Å². The molecule has 1 aliphatic heterocycles. The number of fused-ring (bicyclic) bond motifs is 1. The highest BCUT2D eigenvalue weighted by molar-refractivity contribution is 7.89. The molecule has 4 rings (SSSR count). The van der Waals surface area contributed by atoms with Gasteiger partial charge in [-0.3, -0.25) is 4.72 Å². The maximum atomic E-state index is 12.2. The van der Waals surface area contributed by atoms with E-state index in [0.717, 1.165) is 31.4 Å². The maximum Gasteiger partial charge on any atom is 0.232 e. The van der Waals surface area contributed by atoms with Crippen LogP contribution in [0.25, 0.3) is 16.7 Å². The molecule has 0 aromatic heterocycles. The molecule has 0 amide bonds. The van der Waals surface area contributed by atoms with E-state index >= 15 is 0 Å². The Hall–Kier alpha value is -2.07. The molecule has 1 fully saturated rings. The third-order valence-electron chi connectivity index (χ3n) is 5.82. The van der Waals surface area contributed by atoms with Crippen molar-refractivity contribution in [3.63, 3.8) is 0 Å².